The van der Waals surface area contributed by atoms with E-state index in [-0.39, 0.29) is 11.3 Å². The average molecular weight is 364 g/mol. The van der Waals surface area contributed by atoms with Gasteiger partial charge in [-0.15, -0.1) is 0 Å². The minimum Gasteiger partial charge on any atom is -0.381 e. The molecular weight excluding hydrogens is 336 g/mol. The fourth-order valence-corrected chi connectivity index (χ4v) is 4.41. The highest BCUT2D eigenvalue weighted by atomic mass is 16.5. The van der Waals surface area contributed by atoms with Gasteiger partial charge in [0.05, 0.1) is 5.41 Å². The first-order valence-electron chi connectivity index (χ1n) is 10.1. The zero-order valence-corrected chi connectivity index (χ0v) is 15.8. The Bertz CT molecular complexity index is 746. The van der Waals surface area contributed by atoms with Crippen LogP contribution in [0.3, 0.4) is 0 Å². The first-order chi connectivity index (χ1) is 13.3. The molecule has 2 aromatic rings. The summed E-state index contributed by atoms with van der Waals surface area (Å²) in [5, 5.41) is 3.35. The van der Waals surface area contributed by atoms with Crippen molar-refractivity contribution in [1.29, 1.82) is 0 Å². The second kappa shape index (κ2) is 8.22. The summed E-state index contributed by atoms with van der Waals surface area (Å²) in [6, 6.07) is 13.0. The van der Waals surface area contributed by atoms with Crippen LogP contribution in [0.15, 0.2) is 48.8 Å². The van der Waals surface area contributed by atoms with Crippen molar-refractivity contribution in [1.82, 2.24) is 10.3 Å². The summed E-state index contributed by atoms with van der Waals surface area (Å²) < 4.78 is 5.57. The van der Waals surface area contributed by atoms with E-state index < -0.39 is 0 Å². The van der Waals surface area contributed by atoms with Gasteiger partial charge >= 0.3 is 0 Å². The Morgan fingerprint density at radius 1 is 1.00 bits per heavy atom. The number of carbonyl (C=O) groups excluding carboxylic acids is 1. The van der Waals surface area contributed by atoms with Crippen LogP contribution in [0.4, 0.5) is 0 Å². The fourth-order valence-electron chi connectivity index (χ4n) is 4.41. The predicted molar refractivity (Wildman–Crippen MR) is 106 cm³/mol. The summed E-state index contributed by atoms with van der Waals surface area (Å²) in [6.07, 6.45) is 10.7. The zero-order valence-electron chi connectivity index (χ0n) is 15.8. The third kappa shape index (κ3) is 4.22. The number of hydrogen-bond acceptors (Lipinski definition) is 3. The lowest BCUT2D eigenvalue weighted by Gasteiger charge is -2.37. The number of amides is 1. The predicted octanol–water partition coefficient (Wildman–Crippen LogP) is 4.15. The molecule has 1 aromatic carbocycles. The molecule has 0 radical (unpaired) electrons. The van der Waals surface area contributed by atoms with Crippen molar-refractivity contribution in [2.24, 2.45) is 5.41 Å². The van der Waals surface area contributed by atoms with Gasteiger partial charge in [0.2, 0.25) is 5.91 Å². The van der Waals surface area contributed by atoms with Crippen LogP contribution in [-0.4, -0.2) is 30.1 Å². The number of hydrogen-bond donors (Lipinski definition) is 1. The van der Waals surface area contributed by atoms with Crippen LogP contribution in [0.2, 0.25) is 0 Å². The molecule has 1 aromatic heterocycles. The minimum absolute atomic E-state index is 0.232. The summed E-state index contributed by atoms with van der Waals surface area (Å²) in [5.74, 6) is 0.232. The van der Waals surface area contributed by atoms with Crippen LogP contribution in [0, 0.1) is 5.41 Å². The van der Waals surface area contributed by atoms with E-state index in [9.17, 15) is 4.79 Å². The molecule has 4 heteroatoms. The molecule has 1 amide bonds. The van der Waals surface area contributed by atoms with Crippen LogP contribution >= 0.6 is 0 Å². The van der Waals surface area contributed by atoms with Crippen molar-refractivity contribution in [2.75, 3.05) is 13.2 Å². The van der Waals surface area contributed by atoms with Gasteiger partial charge in [-0.1, -0.05) is 37.1 Å². The lowest BCUT2D eigenvalue weighted by molar-refractivity contribution is -0.137. The van der Waals surface area contributed by atoms with Crippen molar-refractivity contribution in [2.45, 2.75) is 51.0 Å². The largest absolute Gasteiger partial charge is 0.381 e. The van der Waals surface area contributed by atoms with Gasteiger partial charge in [0.1, 0.15) is 0 Å². The summed E-state index contributed by atoms with van der Waals surface area (Å²) in [4.78, 5) is 17.3. The lowest BCUT2D eigenvalue weighted by atomic mass is 9.74. The number of carbonyl (C=O) groups is 1. The molecule has 0 unspecified atom stereocenters. The van der Waals surface area contributed by atoms with E-state index in [1.54, 1.807) is 0 Å². The van der Waals surface area contributed by atoms with Crippen LogP contribution in [-0.2, 0) is 16.0 Å². The van der Waals surface area contributed by atoms with Crippen LogP contribution in [0.5, 0.6) is 0 Å². The van der Waals surface area contributed by atoms with Crippen LogP contribution in [0.1, 0.15) is 44.1 Å². The average Bonchev–Trinajstić information content (AvgIpc) is 3.23. The highest BCUT2D eigenvalue weighted by Crippen LogP contribution is 2.36. The number of pyridine rings is 1. The van der Waals surface area contributed by atoms with E-state index in [1.807, 2.05) is 24.5 Å². The smallest absolute Gasteiger partial charge is 0.226 e. The van der Waals surface area contributed by atoms with Gasteiger partial charge in [0.25, 0.3) is 0 Å². The Hall–Kier alpha value is -2.20. The molecule has 142 valence electrons. The molecule has 4 rings (SSSR count). The van der Waals surface area contributed by atoms with E-state index in [1.165, 1.54) is 24.0 Å². The van der Waals surface area contributed by atoms with Crippen molar-refractivity contribution in [3.63, 3.8) is 0 Å². The van der Waals surface area contributed by atoms with Crippen molar-refractivity contribution in [3.05, 3.63) is 54.4 Å². The van der Waals surface area contributed by atoms with Crippen LogP contribution in [0.25, 0.3) is 11.1 Å². The highest BCUT2D eigenvalue weighted by Gasteiger charge is 2.41. The second-order valence-electron chi connectivity index (χ2n) is 7.96. The standard InChI is InChI=1S/C23H28N2O2/c26-22(25-21-3-1-2-4-21)23(11-15-27-16-12-23)17-18-5-7-19(8-6-18)20-9-13-24-14-10-20/h5-10,13-14,21H,1-4,11-12,15-17H2,(H,25,26). The first kappa shape index (κ1) is 18.2. The maximum Gasteiger partial charge on any atom is 0.226 e. The molecular formula is C23H28N2O2. The number of ether oxygens (including phenoxy) is 1. The number of rotatable bonds is 5. The Morgan fingerprint density at radius 3 is 2.30 bits per heavy atom. The van der Waals surface area contributed by atoms with Gasteiger partial charge in [0.15, 0.2) is 0 Å². The summed E-state index contributed by atoms with van der Waals surface area (Å²) >= 11 is 0. The minimum atomic E-state index is -0.334. The third-order valence-electron chi connectivity index (χ3n) is 6.13. The molecule has 1 N–H and O–H groups in total. The molecule has 27 heavy (non-hydrogen) atoms. The highest BCUT2D eigenvalue weighted by molar-refractivity contribution is 5.83. The summed E-state index contributed by atoms with van der Waals surface area (Å²) in [6.45, 7) is 1.35. The SMILES string of the molecule is O=C(NC1CCCC1)C1(Cc2ccc(-c3ccncc3)cc2)CCOCC1. The van der Waals surface area contributed by atoms with Crippen LogP contribution < -0.4 is 5.32 Å². The molecule has 1 saturated heterocycles. The van der Waals surface area contributed by atoms with Crippen molar-refractivity contribution in [3.8, 4) is 11.1 Å². The second-order valence-corrected chi connectivity index (χ2v) is 7.96. The Morgan fingerprint density at radius 2 is 1.63 bits per heavy atom. The molecule has 1 aliphatic carbocycles. The first-order valence-corrected chi connectivity index (χ1v) is 10.1. The Kier molecular flexibility index (Phi) is 5.53. The zero-order chi connectivity index (χ0) is 18.5. The molecule has 2 fully saturated rings. The normalized spacial score (nSPS) is 19.7. The van der Waals surface area contributed by atoms with E-state index in [4.69, 9.17) is 4.74 Å². The van der Waals surface area contributed by atoms with Gasteiger partial charge < -0.3 is 10.1 Å². The summed E-state index contributed by atoms with van der Waals surface area (Å²) in [7, 11) is 0. The van der Waals surface area contributed by atoms with E-state index in [0.717, 1.165) is 37.7 Å². The lowest BCUT2D eigenvalue weighted by Crippen LogP contribution is -2.48. The van der Waals surface area contributed by atoms with Gasteiger partial charge in [0, 0.05) is 31.6 Å². The summed E-state index contributed by atoms with van der Waals surface area (Å²) in [5.41, 5.74) is 3.23. The maximum absolute atomic E-state index is 13.2. The number of nitrogens with zero attached hydrogens (tertiary/aromatic N) is 1. The molecule has 1 saturated carbocycles. The molecule has 1 aliphatic heterocycles. The van der Waals surface area contributed by atoms with Crippen molar-refractivity contribution < 1.29 is 9.53 Å². The molecule has 2 heterocycles. The van der Waals surface area contributed by atoms with Gasteiger partial charge in [-0.3, -0.25) is 9.78 Å². The van der Waals surface area contributed by atoms with Crippen molar-refractivity contribution >= 4 is 5.91 Å². The molecule has 4 nitrogen and oxygen atoms in total. The van der Waals surface area contributed by atoms with E-state index in [2.05, 4.69) is 34.6 Å². The molecule has 0 spiro atoms. The van der Waals surface area contributed by atoms with E-state index >= 15 is 0 Å². The molecule has 2 aliphatic rings. The third-order valence-corrected chi connectivity index (χ3v) is 6.13. The number of benzene rings is 1. The number of nitrogens with one attached hydrogen (secondary N) is 1. The van der Waals surface area contributed by atoms with Gasteiger partial charge in [-0.05, 0) is 60.9 Å². The fraction of sp³-hybridized carbons (Fsp3) is 0.478. The van der Waals surface area contributed by atoms with Gasteiger partial charge in [-0.25, -0.2) is 0 Å². The van der Waals surface area contributed by atoms with E-state index in [0.29, 0.717) is 19.3 Å². The molecule has 0 bridgehead atoms. The monoisotopic (exact) mass is 364 g/mol. The number of aromatic nitrogens is 1. The maximum atomic E-state index is 13.2. The Balaban J connectivity index is 1.50. The quantitative estimate of drug-likeness (QED) is 0.867. The Labute approximate surface area is 161 Å². The molecule has 0 atom stereocenters. The van der Waals surface area contributed by atoms with Gasteiger partial charge in [-0.2, -0.15) is 0 Å². The topological polar surface area (TPSA) is 51.2 Å².